The van der Waals surface area contributed by atoms with Gasteiger partial charge in [0, 0.05) is 29.0 Å². The molecular weight excluding hydrogens is 406 g/mol. The highest BCUT2D eigenvalue weighted by Gasteiger charge is 2.26. The Kier molecular flexibility index (Phi) is 7.04. The molecular formula is C21H27N3O5S. The topological polar surface area (TPSA) is 103 Å². The number of carbonyl (C=O) groups is 1. The van der Waals surface area contributed by atoms with Crippen LogP contribution in [0.5, 0.6) is 5.75 Å². The van der Waals surface area contributed by atoms with Gasteiger partial charge in [0.05, 0.1) is 32.1 Å². The molecule has 30 heavy (non-hydrogen) atoms. The van der Waals surface area contributed by atoms with E-state index in [2.05, 4.69) is 20.0 Å². The van der Waals surface area contributed by atoms with Crippen molar-refractivity contribution in [3.05, 3.63) is 45.4 Å². The highest BCUT2D eigenvalue weighted by molar-refractivity contribution is 7.98. The predicted octanol–water partition coefficient (Wildman–Crippen LogP) is 2.84. The van der Waals surface area contributed by atoms with Gasteiger partial charge >= 0.3 is 6.09 Å². The number of amides is 1. The van der Waals surface area contributed by atoms with E-state index < -0.39 is 11.7 Å². The zero-order valence-electron chi connectivity index (χ0n) is 17.7. The highest BCUT2D eigenvalue weighted by Crippen LogP contribution is 2.35. The summed E-state index contributed by atoms with van der Waals surface area (Å²) in [5.41, 5.74) is 2.54. The van der Waals surface area contributed by atoms with E-state index in [0.717, 1.165) is 34.6 Å². The van der Waals surface area contributed by atoms with Gasteiger partial charge in [0.2, 0.25) is 0 Å². The quantitative estimate of drug-likeness (QED) is 0.647. The lowest BCUT2D eigenvalue weighted by Crippen LogP contribution is -2.31. The first-order valence-corrected chi connectivity index (χ1v) is 10.9. The zero-order chi connectivity index (χ0) is 21.7. The van der Waals surface area contributed by atoms with Crippen molar-refractivity contribution >= 4 is 17.9 Å². The number of aryl methyl sites for hydroxylation is 1. The van der Waals surface area contributed by atoms with Crippen molar-refractivity contribution < 1.29 is 19.0 Å². The zero-order valence-corrected chi connectivity index (χ0v) is 18.5. The van der Waals surface area contributed by atoms with Gasteiger partial charge in [-0.1, -0.05) is 12.1 Å². The Labute approximate surface area is 179 Å². The molecule has 2 heterocycles. The highest BCUT2D eigenvalue weighted by atomic mass is 32.2. The molecule has 1 aromatic carbocycles. The van der Waals surface area contributed by atoms with Crippen molar-refractivity contribution in [1.29, 1.82) is 0 Å². The lowest BCUT2D eigenvalue weighted by molar-refractivity contribution is -0.0209. The molecule has 0 atom stereocenters. The third-order valence-corrected chi connectivity index (χ3v) is 5.96. The summed E-state index contributed by atoms with van der Waals surface area (Å²) in [5, 5.41) is 2.58. The molecule has 9 heteroatoms. The number of carbonyl (C=O) groups excluding carboxylic acids is 1. The lowest BCUT2D eigenvalue weighted by Gasteiger charge is -2.28. The number of nitrogens with zero attached hydrogens (tertiary/aromatic N) is 1. The summed E-state index contributed by atoms with van der Waals surface area (Å²) in [6.07, 6.45) is 0.301. The summed E-state index contributed by atoms with van der Waals surface area (Å²) >= 11 is 1.75. The van der Waals surface area contributed by atoms with Gasteiger partial charge in [0.25, 0.3) is 5.56 Å². The van der Waals surface area contributed by atoms with Crippen LogP contribution in [0.1, 0.15) is 30.7 Å². The molecule has 0 saturated carbocycles. The van der Waals surface area contributed by atoms with Gasteiger partial charge in [0.15, 0.2) is 0 Å². The van der Waals surface area contributed by atoms with E-state index in [9.17, 15) is 9.59 Å². The number of nitrogens with one attached hydrogen (secondary N) is 2. The van der Waals surface area contributed by atoms with E-state index in [1.807, 2.05) is 32.0 Å². The normalized spacial score (nSPS) is 13.5. The van der Waals surface area contributed by atoms with Crippen molar-refractivity contribution in [3.8, 4) is 17.1 Å². The summed E-state index contributed by atoms with van der Waals surface area (Å²) in [7, 11) is 2.91. The van der Waals surface area contributed by atoms with Crippen LogP contribution in [0, 0.1) is 0 Å². The number of thioether (sulfide) groups is 1. The summed E-state index contributed by atoms with van der Waals surface area (Å²) in [5.74, 6) is 2.85. The number of H-pyrrole nitrogens is 1. The first-order chi connectivity index (χ1) is 14.4. The summed E-state index contributed by atoms with van der Waals surface area (Å²) in [6.45, 7) is 4.50. The number of alkyl carbamates (subject to hydrolysis) is 1. The second-order valence-corrected chi connectivity index (χ2v) is 8.44. The average molecular weight is 434 g/mol. The molecule has 1 aliphatic rings. The van der Waals surface area contributed by atoms with Gasteiger partial charge in [-0.05, 0) is 32.1 Å². The Bertz CT molecular complexity index is 974. The molecule has 162 valence electrons. The third-order valence-electron chi connectivity index (χ3n) is 4.97. The molecule has 1 amide bonds. The standard InChI is InChI=1S/C21H27N3O5S/c1-21(2,29-9-8-22-20(26)28-4)15-6-5-13(11-17(15)27-3)18-23-16-7-10-30-12-14(16)19(25)24-18/h5-6,11H,7-10,12H2,1-4H3,(H,22,26)(H,23,24,25). The van der Waals surface area contributed by atoms with Crippen molar-refractivity contribution in [2.45, 2.75) is 31.6 Å². The van der Waals surface area contributed by atoms with Gasteiger partial charge in [-0.2, -0.15) is 11.8 Å². The monoisotopic (exact) mass is 433 g/mol. The minimum absolute atomic E-state index is 0.0768. The second-order valence-electron chi connectivity index (χ2n) is 7.33. The number of rotatable bonds is 7. The van der Waals surface area contributed by atoms with E-state index in [4.69, 9.17) is 9.47 Å². The molecule has 0 spiro atoms. The Morgan fingerprint density at radius 1 is 1.33 bits per heavy atom. The van der Waals surface area contributed by atoms with Crippen LogP contribution >= 0.6 is 11.8 Å². The van der Waals surface area contributed by atoms with Crippen LogP contribution in [0.4, 0.5) is 4.79 Å². The number of hydrogen-bond donors (Lipinski definition) is 2. The Hall–Kier alpha value is -2.52. The molecule has 0 radical (unpaired) electrons. The number of aromatic nitrogens is 2. The van der Waals surface area contributed by atoms with E-state index in [0.29, 0.717) is 30.5 Å². The fourth-order valence-electron chi connectivity index (χ4n) is 3.32. The van der Waals surface area contributed by atoms with Crippen LogP contribution in [0.25, 0.3) is 11.4 Å². The lowest BCUT2D eigenvalue weighted by atomic mass is 9.95. The van der Waals surface area contributed by atoms with Crippen molar-refractivity contribution in [2.24, 2.45) is 0 Å². The molecule has 0 unspecified atom stereocenters. The van der Waals surface area contributed by atoms with Crippen molar-refractivity contribution in [2.75, 3.05) is 33.1 Å². The summed E-state index contributed by atoms with van der Waals surface area (Å²) < 4.78 is 16.1. The molecule has 1 aliphatic heterocycles. The fourth-order valence-corrected chi connectivity index (χ4v) is 4.31. The van der Waals surface area contributed by atoms with E-state index in [1.54, 1.807) is 18.9 Å². The fraction of sp³-hybridized carbons (Fsp3) is 0.476. The van der Waals surface area contributed by atoms with E-state index in [-0.39, 0.29) is 5.56 Å². The average Bonchev–Trinajstić information content (AvgIpc) is 2.76. The molecule has 2 N–H and O–H groups in total. The number of fused-ring (bicyclic) bond motifs is 1. The molecule has 2 aromatic rings. The maximum absolute atomic E-state index is 12.5. The van der Waals surface area contributed by atoms with Crippen LogP contribution in [-0.2, 0) is 27.2 Å². The number of methoxy groups -OCH3 is 2. The number of benzene rings is 1. The maximum atomic E-state index is 12.5. The predicted molar refractivity (Wildman–Crippen MR) is 116 cm³/mol. The Morgan fingerprint density at radius 2 is 2.13 bits per heavy atom. The van der Waals surface area contributed by atoms with Gasteiger partial charge in [-0.3, -0.25) is 4.79 Å². The van der Waals surface area contributed by atoms with Gasteiger partial charge in [0.1, 0.15) is 11.6 Å². The smallest absolute Gasteiger partial charge is 0.406 e. The minimum atomic E-state index is -0.657. The maximum Gasteiger partial charge on any atom is 0.406 e. The van der Waals surface area contributed by atoms with Crippen LogP contribution in [-0.4, -0.2) is 49.2 Å². The first kappa shape index (κ1) is 22.2. The SMILES string of the molecule is COC(=O)NCCOC(C)(C)c1ccc(-c2nc3c(c(=O)[nH]2)CSCC3)cc1OC. The number of aromatic amines is 1. The molecule has 0 bridgehead atoms. The number of ether oxygens (including phenoxy) is 3. The summed E-state index contributed by atoms with van der Waals surface area (Å²) in [6, 6.07) is 5.67. The van der Waals surface area contributed by atoms with Gasteiger partial charge in [-0.25, -0.2) is 9.78 Å². The van der Waals surface area contributed by atoms with Crippen molar-refractivity contribution in [3.63, 3.8) is 0 Å². The minimum Gasteiger partial charge on any atom is -0.496 e. The molecule has 0 saturated heterocycles. The second kappa shape index (κ2) is 9.53. The largest absolute Gasteiger partial charge is 0.496 e. The Balaban J connectivity index is 1.82. The van der Waals surface area contributed by atoms with Crippen LogP contribution in [0.15, 0.2) is 23.0 Å². The van der Waals surface area contributed by atoms with Gasteiger partial charge < -0.3 is 24.5 Å². The third kappa shape index (κ3) is 4.96. The first-order valence-electron chi connectivity index (χ1n) is 9.70. The molecule has 0 fully saturated rings. The Morgan fingerprint density at radius 3 is 2.87 bits per heavy atom. The van der Waals surface area contributed by atoms with Crippen LogP contribution < -0.4 is 15.6 Å². The van der Waals surface area contributed by atoms with E-state index in [1.165, 1.54) is 7.11 Å². The summed E-state index contributed by atoms with van der Waals surface area (Å²) in [4.78, 5) is 31.2. The molecule has 8 nitrogen and oxygen atoms in total. The van der Waals surface area contributed by atoms with Crippen LogP contribution in [0.3, 0.4) is 0 Å². The van der Waals surface area contributed by atoms with E-state index >= 15 is 0 Å². The van der Waals surface area contributed by atoms with Gasteiger partial charge in [-0.15, -0.1) is 0 Å². The number of hydrogen-bond acceptors (Lipinski definition) is 7. The van der Waals surface area contributed by atoms with Crippen molar-refractivity contribution in [1.82, 2.24) is 15.3 Å². The molecule has 0 aliphatic carbocycles. The molecule has 1 aromatic heterocycles. The van der Waals surface area contributed by atoms with Crippen LogP contribution in [0.2, 0.25) is 0 Å². The molecule has 3 rings (SSSR count).